The molecule has 3 fully saturated rings. The number of benzene rings is 1. The van der Waals surface area contributed by atoms with Crippen molar-refractivity contribution in [1.82, 2.24) is 14.9 Å². The first-order valence-electron chi connectivity index (χ1n) is 15.6. The van der Waals surface area contributed by atoms with Crippen molar-refractivity contribution in [3.63, 3.8) is 0 Å². The third-order valence-electron chi connectivity index (χ3n) is 9.98. The second-order valence-corrected chi connectivity index (χ2v) is 12.7. The molecule has 40 heavy (non-hydrogen) atoms. The van der Waals surface area contributed by atoms with E-state index in [2.05, 4.69) is 49.6 Å². The highest BCUT2D eigenvalue weighted by atomic mass is 19.1. The number of halogens is 1. The molecule has 0 spiro atoms. The lowest BCUT2D eigenvalue weighted by molar-refractivity contribution is 0.217. The number of anilines is 2. The van der Waals surface area contributed by atoms with E-state index in [0.29, 0.717) is 23.7 Å². The van der Waals surface area contributed by atoms with Crippen LogP contribution < -0.4 is 10.6 Å². The van der Waals surface area contributed by atoms with E-state index >= 15 is 0 Å². The van der Waals surface area contributed by atoms with Gasteiger partial charge >= 0.3 is 0 Å². The van der Waals surface area contributed by atoms with E-state index in [0.717, 1.165) is 69.5 Å². The molecule has 0 bridgehead atoms. The summed E-state index contributed by atoms with van der Waals surface area (Å²) >= 11 is 0. The van der Waals surface area contributed by atoms with Gasteiger partial charge in [-0.2, -0.15) is 5.26 Å². The van der Waals surface area contributed by atoms with Crippen LogP contribution in [0.1, 0.15) is 118 Å². The average molecular weight is 547 g/mol. The lowest BCUT2D eigenvalue weighted by atomic mass is 9.76. The van der Waals surface area contributed by atoms with E-state index in [-0.39, 0.29) is 11.5 Å². The Hall–Kier alpha value is -2.72. The summed E-state index contributed by atoms with van der Waals surface area (Å²) in [6, 6.07) is 6.46. The summed E-state index contributed by atoms with van der Waals surface area (Å²) in [5, 5.41) is 9.91. The topological polar surface area (TPSA) is 82.1 Å². The molecule has 4 unspecified atom stereocenters. The van der Waals surface area contributed by atoms with Crippen molar-refractivity contribution in [3.8, 4) is 6.07 Å². The quantitative estimate of drug-likeness (QED) is 0.433. The third kappa shape index (κ3) is 5.57. The second kappa shape index (κ2) is 12.0. The molecule has 0 amide bonds. The molecule has 3 saturated heterocycles. The maximum atomic E-state index is 12.8. The van der Waals surface area contributed by atoms with E-state index in [1.54, 1.807) is 0 Å². The molecule has 4 atom stereocenters. The van der Waals surface area contributed by atoms with Gasteiger partial charge in [-0.15, -0.1) is 0 Å². The zero-order valence-corrected chi connectivity index (χ0v) is 25.0. The number of nitrogen functional groups attached to an aromatic ring is 1. The minimum Gasteiger partial charge on any atom is -0.398 e. The second-order valence-electron chi connectivity index (χ2n) is 12.7. The van der Waals surface area contributed by atoms with Crippen LogP contribution in [0.2, 0.25) is 0 Å². The van der Waals surface area contributed by atoms with Crippen molar-refractivity contribution < 1.29 is 4.39 Å². The number of nitriles is 1. The van der Waals surface area contributed by atoms with E-state index in [9.17, 15) is 9.65 Å². The Balaban J connectivity index is 0.000000269. The first-order valence-corrected chi connectivity index (χ1v) is 15.6. The maximum absolute atomic E-state index is 12.8. The van der Waals surface area contributed by atoms with Crippen LogP contribution in [0.4, 0.5) is 15.9 Å². The van der Waals surface area contributed by atoms with Gasteiger partial charge in [0, 0.05) is 42.8 Å². The molecule has 216 valence electrons. The van der Waals surface area contributed by atoms with Crippen molar-refractivity contribution in [2.24, 2.45) is 0 Å². The van der Waals surface area contributed by atoms with Gasteiger partial charge in [0.05, 0.1) is 11.3 Å². The largest absolute Gasteiger partial charge is 0.398 e. The van der Waals surface area contributed by atoms with Gasteiger partial charge in [-0.1, -0.05) is 26.8 Å². The summed E-state index contributed by atoms with van der Waals surface area (Å²) in [6.07, 6.45) is 9.93. The first kappa shape index (κ1) is 28.8. The fourth-order valence-electron chi connectivity index (χ4n) is 7.51. The summed E-state index contributed by atoms with van der Waals surface area (Å²) in [5.74, 6) is 2.80. The number of aromatic nitrogens is 2. The molecule has 4 aliphatic rings. The molecule has 6 rings (SSSR count). The highest BCUT2D eigenvalue weighted by molar-refractivity contribution is 5.63. The van der Waals surface area contributed by atoms with Gasteiger partial charge in [0.2, 0.25) is 0 Å². The van der Waals surface area contributed by atoms with E-state index < -0.39 is 6.17 Å². The SMILES string of the molecule is CC12CCCN1CC(F)C2.CCc1nc2c(c(N3CCCC3)n1)CCC(c1c(C(C)CC)ccc(N)c1C#N)C2. The molecule has 7 heteroatoms. The fourth-order valence-corrected chi connectivity index (χ4v) is 7.51. The summed E-state index contributed by atoms with van der Waals surface area (Å²) < 4.78 is 12.8. The van der Waals surface area contributed by atoms with Gasteiger partial charge in [0.1, 0.15) is 23.9 Å². The summed E-state index contributed by atoms with van der Waals surface area (Å²) in [5.41, 5.74) is 12.7. The minimum absolute atomic E-state index is 0.236. The third-order valence-corrected chi connectivity index (χ3v) is 9.98. The Labute approximate surface area is 240 Å². The number of nitrogens with two attached hydrogens (primary N) is 1. The smallest absolute Gasteiger partial charge is 0.135 e. The van der Waals surface area contributed by atoms with Gasteiger partial charge in [-0.3, -0.25) is 4.90 Å². The Morgan fingerprint density at radius 1 is 1.18 bits per heavy atom. The molecule has 6 nitrogen and oxygen atoms in total. The monoisotopic (exact) mass is 546 g/mol. The van der Waals surface area contributed by atoms with Gasteiger partial charge in [-0.25, -0.2) is 14.4 Å². The average Bonchev–Trinajstić information content (AvgIpc) is 3.67. The Bertz CT molecular complexity index is 1250. The van der Waals surface area contributed by atoms with E-state index in [1.807, 2.05) is 6.07 Å². The van der Waals surface area contributed by atoms with E-state index in [4.69, 9.17) is 15.7 Å². The Morgan fingerprint density at radius 2 is 1.95 bits per heavy atom. The molecule has 0 saturated carbocycles. The molecule has 1 aromatic carbocycles. The fraction of sp³-hybridized carbons (Fsp3) is 0.667. The van der Waals surface area contributed by atoms with Crippen LogP contribution in [0.3, 0.4) is 0 Å². The van der Waals surface area contributed by atoms with Crippen molar-refractivity contribution in [1.29, 1.82) is 5.26 Å². The minimum atomic E-state index is -0.551. The molecule has 2 aromatic rings. The number of rotatable bonds is 5. The predicted molar refractivity (Wildman–Crippen MR) is 161 cm³/mol. The number of fused-ring (bicyclic) bond motifs is 2. The van der Waals surface area contributed by atoms with Gasteiger partial charge in [0.15, 0.2) is 0 Å². The highest BCUT2D eigenvalue weighted by Crippen LogP contribution is 2.42. The van der Waals surface area contributed by atoms with Crippen LogP contribution in [0.5, 0.6) is 0 Å². The van der Waals surface area contributed by atoms with Crippen LogP contribution in [-0.2, 0) is 19.3 Å². The summed E-state index contributed by atoms with van der Waals surface area (Å²) in [7, 11) is 0. The standard InChI is InChI=1S/C25H33N5.C8H14FN/c1-4-16(3)18-10-11-21(27)20(15-26)24(18)17-8-9-19-22(14-17)28-23(5-2)29-25(19)30-12-6-7-13-30;1-8-3-2-4-10(8)6-7(9)5-8/h10-11,16-17H,4-9,12-14,27H2,1-3H3;7H,2-6H2,1H3. The number of hydrogen-bond donors (Lipinski definition) is 1. The zero-order valence-electron chi connectivity index (χ0n) is 25.0. The van der Waals surface area contributed by atoms with Crippen LogP contribution in [0.25, 0.3) is 0 Å². The van der Waals surface area contributed by atoms with Crippen molar-refractivity contribution in [2.45, 2.75) is 115 Å². The molecule has 0 radical (unpaired) electrons. The van der Waals surface area contributed by atoms with Crippen molar-refractivity contribution >= 4 is 11.5 Å². The molecular formula is C33H47FN6. The van der Waals surface area contributed by atoms with Gasteiger partial charge < -0.3 is 10.6 Å². The lowest BCUT2D eigenvalue weighted by Crippen LogP contribution is -2.34. The molecule has 3 aliphatic heterocycles. The highest BCUT2D eigenvalue weighted by Gasteiger charge is 2.44. The Morgan fingerprint density at radius 3 is 2.62 bits per heavy atom. The molecule has 1 aromatic heterocycles. The molecule has 4 heterocycles. The van der Waals surface area contributed by atoms with Crippen LogP contribution in [-0.4, -0.2) is 52.8 Å². The zero-order chi connectivity index (χ0) is 28.4. The van der Waals surface area contributed by atoms with Crippen molar-refractivity contribution in [2.75, 3.05) is 36.8 Å². The first-order chi connectivity index (χ1) is 19.3. The molecule has 2 N–H and O–H groups in total. The lowest BCUT2D eigenvalue weighted by Gasteiger charge is -2.31. The predicted octanol–water partition coefficient (Wildman–Crippen LogP) is 6.46. The van der Waals surface area contributed by atoms with Gasteiger partial charge in [-0.05, 0) is 100 Å². The van der Waals surface area contributed by atoms with Gasteiger partial charge in [0.25, 0.3) is 0 Å². The van der Waals surface area contributed by atoms with Crippen LogP contribution in [0, 0.1) is 11.3 Å². The Kier molecular flexibility index (Phi) is 8.66. The maximum Gasteiger partial charge on any atom is 0.135 e. The number of hydrogen-bond acceptors (Lipinski definition) is 6. The number of nitrogens with zero attached hydrogens (tertiary/aromatic N) is 5. The normalized spacial score (nSPS) is 26.6. The van der Waals surface area contributed by atoms with Crippen LogP contribution in [0.15, 0.2) is 12.1 Å². The van der Waals surface area contributed by atoms with Crippen molar-refractivity contribution in [3.05, 3.63) is 45.9 Å². The van der Waals surface area contributed by atoms with Crippen LogP contribution >= 0.6 is 0 Å². The molecular weight excluding hydrogens is 499 g/mol. The number of alkyl halides is 1. The number of aryl methyl sites for hydroxylation is 1. The summed E-state index contributed by atoms with van der Waals surface area (Å²) in [6.45, 7) is 12.8. The summed E-state index contributed by atoms with van der Waals surface area (Å²) in [4.78, 5) is 14.6. The van der Waals surface area contributed by atoms with E-state index in [1.165, 1.54) is 48.3 Å². The molecule has 1 aliphatic carbocycles.